The predicted molar refractivity (Wildman–Crippen MR) is 57.4 cm³/mol. The smallest absolute Gasteiger partial charge is 0.408 e. The molecule has 0 heterocycles. The fourth-order valence-corrected chi connectivity index (χ4v) is 1.10. The van der Waals surface area contributed by atoms with Gasteiger partial charge in [0.1, 0.15) is 0 Å². The Balaban J connectivity index is 4.42. The Kier molecular flexibility index (Phi) is 5.96. The Morgan fingerprint density at radius 1 is 1.56 bits per heavy atom. The van der Waals surface area contributed by atoms with E-state index in [-0.39, 0.29) is 18.9 Å². The lowest BCUT2D eigenvalue weighted by molar-refractivity contribution is -0.169. The number of hydroxylamine groups is 2. The second-order valence-electron chi connectivity index (χ2n) is 3.24. The monoisotopic (exact) mass is 228 g/mol. The lowest BCUT2D eigenvalue weighted by Crippen LogP contribution is -2.41. The minimum absolute atomic E-state index is 0.0261. The van der Waals surface area contributed by atoms with Crippen molar-refractivity contribution in [2.24, 2.45) is 0 Å². The zero-order valence-corrected chi connectivity index (χ0v) is 9.64. The van der Waals surface area contributed by atoms with Crippen molar-refractivity contribution in [1.29, 1.82) is 0 Å². The summed E-state index contributed by atoms with van der Waals surface area (Å²) in [5, 5.41) is 9.91. The van der Waals surface area contributed by atoms with Gasteiger partial charge in [0.2, 0.25) is 5.91 Å². The van der Waals surface area contributed by atoms with Gasteiger partial charge in [0, 0.05) is 19.5 Å². The molecular weight excluding hydrogens is 212 g/mol. The molecule has 0 unspecified atom stereocenters. The molecule has 1 atom stereocenters. The first-order valence-electron chi connectivity index (χ1n) is 4.67. The second kappa shape index (κ2) is 6.69. The van der Waals surface area contributed by atoms with Crippen LogP contribution in [0.2, 0.25) is 0 Å². The van der Waals surface area contributed by atoms with E-state index in [1.807, 2.05) is 0 Å². The van der Waals surface area contributed by atoms with Gasteiger partial charge < -0.3 is 5.11 Å². The molecule has 6 nitrogen and oxygen atoms in total. The first kappa shape index (κ1) is 14.3. The maximum Gasteiger partial charge on any atom is 0.408 e. The Bertz CT molecular complexity index is 298. The molecule has 1 N–H and O–H groups in total. The number of rotatable bonds is 5. The van der Waals surface area contributed by atoms with Crippen molar-refractivity contribution in [2.75, 3.05) is 20.7 Å². The standard InChI is InChI=1S/C10H16N2O4/c1-5-6-12(10(14)15)8(2)7-9(13)11(3)16-4/h1,8H,6-7H2,2-4H3,(H,14,15)/t8-/m0/s1. The lowest BCUT2D eigenvalue weighted by Gasteiger charge is -2.25. The highest BCUT2D eigenvalue weighted by molar-refractivity contribution is 5.76. The van der Waals surface area contributed by atoms with E-state index in [1.54, 1.807) is 6.92 Å². The number of carbonyl (C=O) groups is 2. The number of hydrogen-bond donors (Lipinski definition) is 1. The first-order valence-corrected chi connectivity index (χ1v) is 4.67. The van der Waals surface area contributed by atoms with E-state index in [2.05, 4.69) is 5.92 Å². The van der Waals surface area contributed by atoms with Crippen LogP contribution in [-0.4, -0.2) is 53.8 Å². The van der Waals surface area contributed by atoms with E-state index in [9.17, 15) is 9.59 Å². The summed E-state index contributed by atoms with van der Waals surface area (Å²) in [5.74, 6) is 1.93. The molecule has 6 heteroatoms. The quantitative estimate of drug-likeness (QED) is 0.546. The molecule has 0 spiro atoms. The molecule has 0 saturated carbocycles. The maximum absolute atomic E-state index is 11.4. The van der Waals surface area contributed by atoms with E-state index < -0.39 is 12.1 Å². The number of terminal acetylenes is 1. The third kappa shape index (κ3) is 4.19. The molecule has 0 aromatic rings. The van der Waals surface area contributed by atoms with Gasteiger partial charge in [0.05, 0.1) is 13.7 Å². The van der Waals surface area contributed by atoms with Crippen LogP contribution in [0.1, 0.15) is 13.3 Å². The molecule has 0 rings (SSSR count). The highest BCUT2D eigenvalue weighted by Crippen LogP contribution is 2.06. The molecule has 0 fully saturated rings. The van der Waals surface area contributed by atoms with Crippen molar-refractivity contribution in [1.82, 2.24) is 9.96 Å². The van der Waals surface area contributed by atoms with Crippen LogP contribution in [-0.2, 0) is 9.63 Å². The molecule has 0 aliphatic carbocycles. The predicted octanol–water partition coefficient (Wildman–Crippen LogP) is 0.398. The highest BCUT2D eigenvalue weighted by Gasteiger charge is 2.22. The van der Waals surface area contributed by atoms with E-state index >= 15 is 0 Å². The van der Waals surface area contributed by atoms with Gasteiger partial charge in [0.15, 0.2) is 0 Å². The summed E-state index contributed by atoms with van der Waals surface area (Å²) < 4.78 is 0. The number of carboxylic acid groups (broad SMARTS) is 1. The van der Waals surface area contributed by atoms with E-state index in [4.69, 9.17) is 16.4 Å². The van der Waals surface area contributed by atoms with Crippen molar-refractivity contribution in [3.8, 4) is 12.3 Å². The third-order valence-corrected chi connectivity index (χ3v) is 2.13. The van der Waals surface area contributed by atoms with Crippen LogP contribution >= 0.6 is 0 Å². The average molecular weight is 228 g/mol. The van der Waals surface area contributed by atoms with Crippen molar-refractivity contribution >= 4 is 12.0 Å². The molecule has 0 radical (unpaired) electrons. The molecule has 0 bridgehead atoms. The molecule has 0 aliphatic heterocycles. The van der Waals surface area contributed by atoms with Gasteiger partial charge in [-0.25, -0.2) is 9.86 Å². The number of hydrogen-bond acceptors (Lipinski definition) is 3. The molecular formula is C10H16N2O4. The second-order valence-corrected chi connectivity index (χ2v) is 3.24. The van der Waals surface area contributed by atoms with E-state index in [0.717, 1.165) is 9.96 Å². The Morgan fingerprint density at radius 2 is 2.12 bits per heavy atom. The van der Waals surface area contributed by atoms with Crippen LogP contribution in [0.4, 0.5) is 4.79 Å². The van der Waals surface area contributed by atoms with E-state index in [1.165, 1.54) is 14.2 Å². The van der Waals surface area contributed by atoms with Crippen molar-refractivity contribution in [3.63, 3.8) is 0 Å². The molecule has 0 aliphatic rings. The average Bonchev–Trinajstić information content (AvgIpc) is 2.23. The first-order chi connectivity index (χ1) is 7.43. The third-order valence-electron chi connectivity index (χ3n) is 2.13. The number of nitrogens with zero attached hydrogens (tertiary/aromatic N) is 2. The summed E-state index contributed by atoms with van der Waals surface area (Å²) in [6.45, 7) is 1.58. The topological polar surface area (TPSA) is 70.1 Å². The Hall–Kier alpha value is -1.74. The van der Waals surface area contributed by atoms with Gasteiger partial charge in [-0.1, -0.05) is 5.92 Å². The Labute approximate surface area is 94.7 Å². The minimum Gasteiger partial charge on any atom is -0.465 e. The van der Waals surface area contributed by atoms with Crippen LogP contribution in [0.5, 0.6) is 0 Å². The summed E-state index contributed by atoms with van der Waals surface area (Å²) in [4.78, 5) is 28.0. The summed E-state index contributed by atoms with van der Waals surface area (Å²) in [6.07, 6.45) is 3.93. The molecule has 0 aromatic heterocycles. The van der Waals surface area contributed by atoms with Gasteiger partial charge >= 0.3 is 6.09 Å². The summed E-state index contributed by atoms with van der Waals surface area (Å²) in [6, 6.07) is -0.487. The fourth-order valence-electron chi connectivity index (χ4n) is 1.10. The van der Waals surface area contributed by atoms with Crippen LogP contribution in [0.25, 0.3) is 0 Å². The SMILES string of the molecule is C#CCN(C(=O)O)[C@@H](C)CC(=O)N(C)OC. The summed E-state index contributed by atoms with van der Waals surface area (Å²) in [5.41, 5.74) is 0. The van der Waals surface area contributed by atoms with E-state index in [0.29, 0.717) is 0 Å². The zero-order valence-electron chi connectivity index (χ0n) is 9.64. The van der Waals surface area contributed by atoms with Crippen LogP contribution in [0.15, 0.2) is 0 Å². The van der Waals surface area contributed by atoms with Gasteiger partial charge in [-0.3, -0.25) is 14.5 Å². The molecule has 0 saturated heterocycles. The van der Waals surface area contributed by atoms with Crippen molar-refractivity contribution in [2.45, 2.75) is 19.4 Å². The number of amides is 2. The minimum atomic E-state index is -1.14. The molecule has 2 amide bonds. The highest BCUT2D eigenvalue weighted by atomic mass is 16.7. The van der Waals surface area contributed by atoms with Crippen LogP contribution < -0.4 is 0 Å². The largest absolute Gasteiger partial charge is 0.465 e. The zero-order chi connectivity index (χ0) is 12.7. The van der Waals surface area contributed by atoms with Gasteiger partial charge in [0.25, 0.3) is 0 Å². The molecule has 0 aromatic carbocycles. The lowest BCUT2D eigenvalue weighted by atomic mass is 10.2. The maximum atomic E-state index is 11.4. The van der Waals surface area contributed by atoms with Crippen LogP contribution in [0.3, 0.4) is 0 Å². The van der Waals surface area contributed by atoms with Crippen LogP contribution in [0, 0.1) is 12.3 Å². The van der Waals surface area contributed by atoms with Crippen molar-refractivity contribution < 1.29 is 19.5 Å². The summed E-state index contributed by atoms with van der Waals surface area (Å²) >= 11 is 0. The Morgan fingerprint density at radius 3 is 2.50 bits per heavy atom. The van der Waals surface area contributed by atoms with Gasteiger partial charge in [-0.15, -0.1) is 6.42 Å². The molecule has 90 valence electrons. The number of carbonyl (C=O) groups excluding carboxylic acids is 1. The molecule has 16 heavy (non-hydrogen) atoms. The van der Waals surface area contributed by atoms with Gasteiger partial charge in [-0.2, -0.15) is 0 Å². The van der Waals surface area contributed by atoms with Crippen molar-refractivity contribution in [3.05, 3.63) is 0 Å². The summed E-state index contributed by atoms with van der Waals surface area (Å²) in [7, 11) is 2.82. The fraction of sp³-hybridized carbons (Fsp3) is 0.600. The normalized spacial score (nSPS) is 11.4. The van der Waals surface area contributed by atoms with Gasteiger partial charge in [-0.05, 0) is 6.92 Å².